The molecule has 1 aliphatic rings. The fraction of sp³-hybridized carbons (Fsp3) is 0.632. The van der Waals surface area contributed by atoms with Gasteiger partial charge in [-0.05, 0) is 77.0 Å². The number of rotatable bonds is 10. The van der Waals surface area contributed by atoms with Gasteiger partial charge in [-0.25, -0.2) is 8.42 Å². The van der Waals surface area contributed by atoms with Crippen molar-refractivity contribution in [3.05, 3.63) is 24.3 Å². The first-order valence-corrected chi connectivity index (χ1v) is 11.4. The number of benzene rings is 1. The molecular formula is C19H31N3O4S. The number of ether oxygens (including phenoxy) is 1. The molecule has 27 heavy (non-hydrogen) atoms. The van der Waals surface area contributed by atoms with Crippen LogP contribution in [-0.2, 0) is 14.8 Å². The van der Waals surface area contributed by atoms with Gasteiger partial charge >= 0.3 is 0 Å². The van der Waals surface area contributed by atoms with Gasteiger partial charge in [0, 0.05) is 6.54 Å². The molecule has 1 amide bonds. The largest absolute Gasteiger partial charge is 0.494 e. The molecule has 0 unspecified atom stereocenters. The van der Waals surface area contributed by atoms with Crippen LogP contribution < -0.4 is 14.4 Å². The number of carbonyl (C=O) groups is 1. The van der Waals surface area contributed by atoms with E-state index in [-0.39, 0.29) is 5.91 Å². The topological polar surface area (TPSA) is 79.0 Å². The summed E-state index contributed by atoms with van der Waals surface area (Å²) >= 11 is 0. The van der Waals surface area contributed by atoms with Crippen LogP contribution in [0.5, 0.6) is 5.75 Å². The molecule has 1 N–H and O–H groups in total. The number of carbonyl (C=O) groups excluding carboxylic acids is 1. The summed E-state index contributed by atoms with van der Waals surface area (Å²) in [6, 6.07) is 5.90. The van der Waals surface area contributed by atoms with Crippen LogP contribution >= 0.6 is 0 Å². The van der Waals surface area contributed by atoms with E-state index in [0.29, 0.717) is 24.6 Å². The van der Waals surface area contributed by atoms with E-state index in [4.69, 9.17) is 4.74 Å². The molecule has 0 radical (unpaired) electrons. The van der Waals surface area contributed by atoms with E-state index in [0.717, 1.165) is 36.6 Å². The summed E-state index contributed by atoms with van der Waals surface area (Å²) in [6.45, 7) is 7.78. The minimum atomic E-state index is -3.61. The molecule has 2 rings (SSSR count). The second-order valence-electron chi connectivity index (χ2n) is 6.86. The van der Waals surface area contributed by atoms with E-state index in [1.54, 1.807) is 31.2 Å². The maximum absolute atomic E-state index is 12.5. The molecule has 1 aromatic carbocycles. The molecular weight excluding hydrogens is 366 g/mol. The van der Waals surface area contributed by atoms with Gasteiger partial charge in [0.15, 0.2) is 0 Å². The summed E-state index contributed by atoms with van der Waals surface area (Å²) in [4.78, 5) is 14.9. The molecule has 8 heteroatoms. The van der Waals surface area contributed by atoms with Crippen LogP contribution in [0.25, 0.3) is 0 Å². The number of nitrogens with one attached hydrogen (secondary N) is 1. The highest BCUT2D eigenvalue weighted by atomic mass is 32.2. The maximum Gasteiger partial charge on any atom is 0.243 e. The van der Waals surface area contributed by atoms with Crippen molar-refractivity contribution in [3.8, 4) is 5.75 Å². The second kappa shape index (κ2) is 9.94. The van der Waals surface area contributed by atoms with Gasteiger partial charge in [0.2, 0.25) is 15.9 Å². The van der Waals surface area contributed by atoms with Gasteiger partial charge in [-0.1, -0.05) is 0 Å². The summed E-state index contributed by atoms with van der Waals surface area (Å²) in [5, 5.41) is 2.86. The monoisotopic (exact) mass is 397 g/mol. The fourth-order valence-electron chi connectivity index (χ4n) is 3.33. The lowest BCUT2D eigenvalue weighted by molar-refractivity contribution is -0.121. The zero-order valence-electron chi connectivity index (χ0n) is 16.5. The molecule has 0 saturated carbocycles. The standard InChI is InChI=1S/C19H31N3O4S/c1-4-26-18-10-8-17(9-11-18)22(27(3,24)25)16(2)19(23)20-12-7-15-21-13-5-6-14-21/h8-11,16H,4-7,12-15H2,1-3H3,(H,20,23)/t16-/m1/s1. The number of amides is 1. The highest BCUT2D eigenvalue weighted by Gasteiger charge is 2.29. The van der Waals surface area contributed by atoms with Crippen molar-refractivity contribution in [1.29, 1.82) is 0 Å². The Morgan fingerprint density at radius 1 is 1.26 bits per heavy atom. The Bertz CT molecular complexity index is 700. The highest BCUT2D eigenvalue weighted by Crippen LogP contribution is 2.24. The Kier molecular flexibility index (Phi) is 7.91. The van der Waals surface area contributed by atoms with E-state index >= 15 is 0 Å². The molecule has 0 aliphatic carbocycles. The predicted molar refractivity (Wildman–Crippen MR) is 108 cm³/mol. The highest BCUT2D eigenvalue weighted by molar-refractivity contribution is 7.92. The van der Waals surface area contributed by atoms with Gasteiger partial charge in [0.25, 0.3) is 0 Å². The number of likely N-dealkylation sites (tertiary alicyclic amines) is 1. The minimum Gasteiger partial charge on any atom is -0.494 e. The van der Waals surface area contributed by atoms with E-state index < -0.39 is 16.1 Å². The SMILES string of the molecule is CCOc1ccc(N([C@H](C)C(=O)NCCCN2CCCC2)S(C)(=O)=O)cc1. The lowest BCUT2D eigenvalue weighted by atomic mass is 10.2. The van der Waals surface area contributed by atoms with Crippen LogP contribution in [0, 0.1) is 0 Å². The Morgan fingerprint density at radius 3 is 2.44 bits per heavy atom. The third kappa shape index (κ3) is 6.39. The van der Waals surface area contributed by atoms with Crippen molar-refractivity contribution in [3.63, 3.8) is 0 Å². The minimum absolute atomic E-state index is 0.296. The van der Waals surface area contributed by atoms with Gasteiger partial charge < -0.3 is 15.0 Å². The Morgan fingerprint density at radius 2 is 1.89 bits per heavy atom. The normalized spacial score (nSPS) is 16.1. The van der Waals surface area contributed by atoms with Gasteiger partial charge in [-0.3, -0.25) is 9.10 Å². The smallest absolute Gasteiger partial charge is 0.243 e. The Labute approximate surface area is 162 Å². The first-order chi connectivity index (χ1) is 12.8. The van der Waals surface area contributed by atoms with Crippen molar-refractivity contribution in [1.82, 2.24) is 10.2 Å². The molecule has 1 atom stereocenters. The van der Waals surface area contributed by atoms with Gasteiger partial charge in [-0.2, -0.15) is 0 Å². The average Bonchev–Trinajstić information content (AvgIpc) is 3.12. The van der Waals surface area contributed by atoms with Crippen molar-refractivity contribution in [2.75, 3.05) is 43.3 Å². The zero-order chi connectivity index (χ0) is 19.9. The van der Waals surface area contributed by atoms with Crippen LogP contribution in [0.2, 0.25) is 0 Å². The molecule has 1 saturated heterocycles. The van der Waals surface area contributed by atoms with Crippen LogP contribution in [0.3, 0.4) is 0 Å². The molecule has 1 heterocycles. The Balaban J connectivity index is 1.96. The first-order valence-electron chi connectivity index (χ1n) is 9.55. The summed E-state index contributed by atoms with van der Waals surface area (Å²) in [7, 11) is -3.61. The lowest BCUT2D eigenvalue weighted by Gasteiger charge is -2.28. The summed E-state index contributed by atoms with van der Waals surface area (Å²) in [6.07, 6.45) is 4.46. The molecule has 0 bridgehead atoms. The fourth-order valence-corrected chi connectivity index (χ4v) is 4.51. The summed E-state index contributed by atoms with van der Waals surface area (Å²) < 4.78 is 31.1. The van der Waals surface area contributed by atoms with Crippen molar-refractivity contribution >= 4 is 21.6 Å². The lowest BCUT2D eigenvalue weighted by Crippen LogP contribution is -2.48. The quantitative estimate of drug-likeness (QED) is 0.610. The molecule has 0 spiro atoms. The van der Waals surface area contributed by atoms with Crippen molar-refractivity contribution in [2.45, 2.75) is 39.2 Å². The Hall–Kier alpha value is -1.80. The second-order valence-corrected chi connectivity index (χ2v) is 8.71. The number of nitrogens with zero attached hydrogens (tertiary/aromatic N) is 2. The average molecular weight is 398 g/mol. The molecule has 1 aliphatic heterocycles. The van der Waals surface area contributed by atoms with Crippen LogP contribution in [0.4, 0.5) is 5.69 Å². The number of hydrogen-bond donors (Lipinski definition) is 1. The summed E-state index contributed by atoms with van der Waals surface area (Å²) in [5.74, 6) is 0.365. The number of hydrogen-bond acceptors (Lipinski definition) is 5. The van der Waals surface area contributed by atoms with Crippen molar-refractivity contribution in [2.24, 2.45) is 0 Å². The van der Waals surface area contributed by atoms with E-state index in [1.807, 2.05) is 6.92 Å². The van der Waals surface area contributed by atoms with Crippen LogP contribution in [0.15, 0.2) is 24.3 Å². The number of sulfonamides is 1. The van der Waals surface area contributed by atoms with Gasteiger partial charge in [0.05, 0.1) is 18.6 Å². The molecule has 0 aromatic heterocycles. The zero-order valence-corrected chi connectivity index (χ0v) is 17.3. The van der Waals surface area contributed by atoms with Crippen LogP contribution in [0.1, 0.15) is 33.1 Å². The van der Waals surface area contributed by atoms with E-state index in [9.17, 15) is 13.2 Å². The third-order valence-corrected chi connectivity index (χ3v) is 5.88. The third-order valence-electron chi connectivity index (χ3n) is 4.64. The molecule has 1 fully saturated rings. The summed E-state index contributed by atoms with van der Waals surface area (Å²) in [5.41, 5.74) is 0.445. The van der Waals surface area contributed by atoms with Crippen LogP contribution in [-0.4, -0.2) is 64.3 Å². The first kappa shape index (κ1) is 21.5. The van der Waals surface area contributed by atoms with Gasteiger partial charge in [-0.15, -0.1) is 0 Å². The molecule has 1 aromatic rings. The molecule has 7 nitrogen and oxygen atoms in total. The van der Waals surface area contributed by atoms with E-state index in [1.165, 1.54) is 12.8 Å². The molecule has 152 valence electrons. The predicted octanol–water partition coefficient (Wildman–Crippen LogP) is 1.84. The maximum atomic E-state index is 12.5. The number of anilines is 1. The van der Waals surface area contributed by atoms with Gasteiger partial charge in [0.1, 0.15) is 11.8 Å². The van der Waals surface area contributed by atoms with Crippen molar-refractivity contribution < 1.29 is 17.9 Å². The van der Waals surface area contributed by atoms with E-state index in [2.05, 4.69) is 10.2 Å².